The molecule has 4 nitrogen and oxygen atoms in total. The van der Waals surface area contributed by atoms with Gasteiger partial charge in [-0.3, -0.25) is 4.79 Å². The monoisotopic (exact) mass is 214 g/mol. The Kier molecular flexibility index (Phi) is 3.24. The van der Waals surface area contributed by atoms with Gasteiger partial charge in [-0.25, -0.2) is 0 Å². The summed E-state index contributed by atoms with van der Waals surface area (Å²) < 4.78 is 26.9. The van der Waals surface area contributed by atoms with Crippen molar-refractivity contribution in [2.45, 2.75) is 6.92 Å². The normalized spacial score (nSPS) is 10.9. The van der Waals surface area contributed by atoms with E-state index >= 15 is 0 Å². The molecule has 1 rings (SSSR count). The second-order valence-corrected chi connectivity index (χ2v) is 4.44. The Morgan fingerprint density at radius 1 is 1.36 bits per heavy atom. The quantitative estimate of drug-likeness (QED) is 0.558. The fraction of sp³-hybridized carbons (Fsp3) is 0.222. The van der Waals surface area contributed by atoms with Gasteiger partial charge in [0.2, 0.25) is 0 Å². The zero-order chi connectivity index (χ0) is 10.6. The van der Waals surface area contributed by atoms with E-state index in [2.05, 4.69) is 0 Å². The summed E-state index contributed by atoms with van der Waals surface area (Å²) in [6.07, 6.45) is 0.556. The average Bonchev–Trinajstić information content (AvgIpc) is 2.18. The van der Waals surface area contributed by atoms with Crippen molar-refractivity contribution < 1.29 is 17.4 Å². The number of carbonyl (C=O) groups is 1. The van der Waals surface area contributed by atoms with E-state index in [4.69, 9.17) is 4.18 Å². The zero-order valence-corrected chi connectivity index (χ0v) is 8.45. The van der Waals surface area contributed by atoms with E-state index in [0.29, 0.717) is 6.29 Å². The van der Waals surface area contributed by atoms with Gasteiger partial charge in [0.1, 0.15) is 0 Å². The van der Waals surface area contributed by atoms with Crippen LogP contribution in [0, 0.1) is 0 Å². The van der Waals surface area contributed by atoms with Crippen LogP contribution in [-0.4, -0.2) is 20.5 Å². The predicted molar refractivity (Wildman–Crippen MR) is 51.9 cm³/mol. The van der Waals surface area contributed by atoms with Crippen molar-refractivity contribution in [2.75, 3.05) is 5.75 Å². The predicted octanol–water partition coefficient (Wildman–Crippen LogP) is 1.23. The third-order valence-corrected chi connectivity index (χ3v) is 2.76. The van der Waals surface area contributed by atoms with E-state index in [-0.39, 0.29) is 17.1 Å². The summed E-state index contributed by atoms with van der Waals surface area (Å²) in [5, 5.41) is 0. The van der Waals surface area contributed by atoms with Crippen LogP contribution in [-0.2, 0) is 10.1 Å². The maximum Gasteiger partial charge on any atom is 0.308 e. The molecule has 5 heteroatoms. The summed E-state index contributed by atoms with van der Waals surface area (Å²) in [4.78, 5) is 10.5. The molecule has 0 saturated heterocycles. The molecule has 0 aromatic heterocycles. The molecule has 0 amide bonds. The van der Waals surface area contributed by atoms with Gasteiger partial charge in [0, 0.05) is 0 Å². The highest BCUT2D eigenvalue weighted by atomic mass is 32.2. The maximum absolute atomic E-state index is 11.1. The highest BCUT2D eigenvalue weighted by molar-refractivity contribution is 7.87. The van der Waals surface area contributed by atoms with Crippen LogP contribution in [0.15, 0.2) is 24.3 Å². The molecular weight excluding hydrogens is 204 g/mol. The maximum atomic E-state index is 11.1. The highest BCUT2D eigenvalue weighted by Crippen LogP contribution is 2.17. The first-order chi connectivity index (χ1) is 6.59. The molecule has 1 aromatic carbocycles. The van der Waals surface area contributed by atoms with Crippen molar-refractivity contribution in [3.63, 3.8) is 0 Å². The molecule has 0 saturated carbocycles. The molecule has 0 aliphatic carbocycles. The molecule has 1 aromatic rings. The second-order valence-electron chi connectivity index (χ2n) is 2.59. The molecule has 0 aliphatic heterocycles. The summed E-state index contributed by atoms with van der Waals surface area (Å²) in [5.74, 6) is -0.0513. The molecule has 0 spiro atoms. The number of aldehydes is 1. The average molecular weight is 214 g/mol. The number of hydrogen-bond donors (Lipinski definition) is 0. The first kappa shape index (κ1) is 10.7. The number of hydrogen-bond acceptors (Lipinski definition) is 4. The first-order valence-electron chi connectivity index (χ1n) is 4.05. The van der Waals surface area contributed by atoms with Gasteiger partial charge in [-0.15, -0.1) is 0 Å². The number of rotatable bonds is 4. The third kappa shape index (κ3) is 2.56. The smallest absolute Gasteiger partial charge is 0.308 e. The molecule has 0 atom stereocenters. The van der Waals surface area contributed by atoms with Gasteiger partial charge in [0.15, 0.2) is 12.0 Å². The van der Waals surface area contributed by atoms with Crippen molar-refractivity contribution in [2.24, 2.45) is 0 Å². The first-order valence-corrected chi connectivity index (χ1v) is 5.63. The lowest BCUT2D eigenvalue weighted by molar-refractivity contribution is 0.112. The van der Waals surface area contributed by atoms with Crippen molar-refractivity contribution >= 4 is 16.4 Å². The topological polar surface area (TPSA) is 60.4 Å². The molecule has 14 heavy (non-hydrogen) atoms. The van der Waals surface area contributed by atoms with Gasteiger partial charge in [-0.1, -0.05) is 12.1 Å². The fourth-order valence-corrected chi connectivity index (χ4v) is 1.39. The van der Waals surface area contributed by atoms with E-state index < -0.39 is 10.1 Å². The third-order valence-electron chi connectivity index (χ3n) is 1.62. The van der Waals surface area contributed by atoms with Crippen LogP contribution in [0.25, 0.3) is 0 Å². The standard InChI is InChI=1S/C9H10O4S/c1-2-14(11,12)13-9-6-4-3-5-8(9)7-10/h3-7H,2H2,1H3. The molecule has 0 radical (unpaired) electrons. The summed E-state index contributed by atoms with van der Waals surface area (Å²) in [6, 6.07) is 6.17. The van der Waals surface area contributed by atoms with E-state index in [1.54, 1.807) is 12.1 Å². The Morgan fingerprint density at radius 3 is 2.57 bits per heavy atom. The van der Waals surface area contributed by atoms with Gasteiger partial charge in [-0.2, -0.15) is 8.42 Å². The Bertz CT molecular complexity index is 422. The van der Waals surface area contributed by atoms with Gasteiger partial charge in [0.25, 0.3) is 0 Å². The number of carbonyl (C=O) groups excluding carboxylic acids is 1. The fourth-order valence-electron chi connectivity index (χ4n) is 0.849. The summed E-state index contributed by atoms with van der Waals surface area (Å²) in [5.41, 5.74) is 0.226. The summed E-state index contributed by atoms with van der Waals surface area (Å²) >= 11 is 0. The SMILES string of the molecule is CCS(=O)(=O)Oc1ccccc1C=O. The molecule has 0 fully saturated rings. The van der Waals surface area contributed by atoms with E-state index in [0.717, 1.165) is 0 Å². The minimum atomic E-state index is -3.56. The van der Waals surface area contributed by atoms with Crippen molar-refractivity contribution in [3.8, 4) is 5.75 Å². The lowest BCUT2D eigenvalue weighted by atomic mass is 10.2. The Labute approximate surface area is 82.6 Å². The number of benzene rings is 1. The van der Waals surface area contributed by atoms with Crippen LogP contribution >= 0.6 is 0 Å². The second kappa shape index (κ2) is 4.23. The van der Waals surface area contributed by atoms with E-state index in [9.17, 15) is 13.2 Å². The molecular formula is C9H10O4S. The number of para-hydroxylation sites is 1. The van der Waals surface area contributed by atoms with Crippen molar-refractivity contribution in [1.29, 1.82) is 0 Å². The van der Waals surface area contributed by atoms with E-state index in [1.807, 2.05) is 0 Å². The Morgan fingerprint density at radius 2 is 2.00 bits per heavy atom. The minimum Gasteiger partial charge on any atom is -0.382 e. The van der Waals surface area contributed by atoms with Gasteiger partial charge < -0.3 is 4.18 Å². The highest BCUT2D eigenvalue weighted by Gasteiger charge is 2.11. The molecule has 0 bridgehead atoms. The molecule has 0 N–H and O–H groups in total. The molecule has 0 unspecified atom stereocenters. The largest absolute Gasteiger partial charge is 0.382 e. The lowest BCUT2D eigenvalue weighted by Crippen LogP contribution is -2.12. The molecule has 0 aliphatic rings. The Balaban J connectivity index is 3.03. The van der Waals surface area contributed by atoms with Crippen LogP contribution in [0.3, 0.4) is 0 Å². The van der Waals surface area contributed by atoms with Crippen LogP contribution in [0.4, 0.5) is 0 Å². The van der Waals surface area contributed by atoms with Crippen LogP contribution in [0.2, 0.25) is 0 Å². The lowest BCUT2D eigenvalue weighted by Gasteiger charge is -2.05. The summed E-state index contributed by atoms with van der Waals surface area (Å²) in [6.45, 7) is 1.47. The van der Waals surface area contributed by atoms with E-state index in [1.165, 1.54) is 19.1 Å². The summed E-state index contributed by atoms with van der Waals surface area (Å²) in [7, 11) is -3.56. The molecule has 76 valence electrons. The zero-order valence-electron chi connectivity index (χ0n) is 7.64. The molecule has 0 heterocycles. The Hall–Kier alpha value is -1.36. The van der Waals surface area contributed by atoms with Gasteiger partial charge in [-0.05, 0) is 19.1 Å². The minimum absolute atomic E-state index is 0.0735. The van der Waals surface area contributed by atoms with Crippen LogP contribution in [0.1, 0.15) is 17.3 Å². The van der Waals surface area contributed by atoms with Crippen LogP contribution < -0.4 is 4.18 Å². The van der Waals surface area contributed by atoms with Crippen molar-refractivity contribution in [1.82, 2.24) is 0 Å². The van der Waals surface area contributed by atoms with Gasteiger partial charge >= 0.3 is 10.1 Å². The van der Waals surface area contributed by atoms with Gasteiger partial charge in [0.05, 0.1) is 11.3 Å². The van der Waals surface area contributed by atoms with Crippen molar-refractivity contribution in [3.05, 3.63) is 29.8 Å². The van der Waals surface area contributed by atoms with Crippen LogP contribution in [0.5, 0.6) is 5.75 Å².